The maximum Gasteiger partial charge on any atom is 0.335 e. The Bertz CT molecular complexity index is 1250. The fourth-order valence-corrected chi connectivity index (χ4v) is 3.56. The second kappa shape index (κ2) is 8.50. The van der Waals surface area contributed by atoms with Crippen molar-refractivity contribution in [1.82, 2.24) is 10.2 Å². The van der Waals surface area contributed by atoms with E-state index < -0.39 is 17.2 Å². The minimum absolute atomic E-state index is 0.151. The molecule has 1 atom stereocenters. The normalized spacial score (nSPS) is 11.8. The number of anilines is 2. The van der Waals surface area contributed by atoms with Crippen molar-refractivity contribution in [3.8, 4) is 22.9 Å². The molecule has 1 unspecified atom stereocenters. The van der Waals surface area contributed by atoms with Crippen LogP contribution in [0.2, 0.25) is 0 Å². The summed E-state index contributed by atoms with van der Waals surface area (Å²) < 4.78 is 30.8. The van der Waals surface area contributed by atoms with Gasteiger partial charge in [0, 0.05) is 11.1 Å². The zero-order valence-electron chi connectivity index (χ0n) is 16.3. The van der Waals surface area contributed by atoms with Crippen molar-refractivity contribution in [2.45, 2.75) is 6.92 Å². The van der Waals surface area contributed by atoms with Gasteiger partial charge in [-0.3, -0.25) is 8.51 Å². The van der Waals surface area contributed by atoms with Crippen molar-refractivity contribution in [1.29, 1.82) is 0 Å². The number of hydrogen-bond donors (Lipinski definition) is 1. The van der Waals surface area contributed by atoms with Gasteiger partial charge in [0.15, 0.2) is 0 Å². The summed E-state index contributed by atoms with van der Waals surface area (Å²) >= 11 is -2.54. The Morgan fingerprint density at radius 3 is 2.19 bits per heavy atom. The minimum Gasteiger partial charge on any atom is -0.755 e. The van der Waals surface area contributed by atoms with E-state index in [-0.39, 0.29) is 17.3 Å². The van der Waals surface area contributed by atoms with Crippen LogP contribution in [0, 0.1) is 6.92 Å². The Balaban J connectivity index is 1.66. The van der Waals surface area contributed by atoms with Crippen molar-refractivity contribution in [3.63, 3.8) is 0 Å². The number of hydrogen-bond acceptors (Lipinski definition) is 6. The molecule has 0 aliphatic rings. The van der Waals surface area contributed by atoms with Crippen LogP contribution in [0.25, 0.3) is 22.9 Å². The molecule has 0 aliphatic carbocycles. The number of nitrogens with zero attached hydrogens (tertiary/aromatic N) is 3. The second-order valence-corrected chi connectivity index (χ2v) is 7.49. The first-order valence-electron chi connectivity index (χ1n) is 9.16. The van der Waals surface area contributed by atoms with E-state index in [1.807, 2.05) is 19.1 Å². The third kappa shape index (κ3) is 4.37. The number of aromatic carboxylic acids is 1. The largest absolute Gasteiger partial charge is 0.755 e. The van der Waals surface area contributed by atoms with Gasteiger partial charge in [0.1, 0.15) is 0 Å². The summed E-state index contributed by atoms with van der Waals surface area (Å²) in [5.41, 5.74) is 3.20. The molecule has 0 fully saturated rings. The molecule has 0 radical (unpaired) electrons. The highest BCUT2D eigenvalue weighted by Gasteiger charge is 2.15. The van der Waals surface area contributed by atoms with Crippen molar-refractivity contribution >= 4 is 28.6 Å². The molecule has 9 heteroatoms. The van der Waals surface area contributed by atoms with Gasteiger partial charge in [0.25, 0.3) is 0 Å². The fraction of sp³-hybridized carbons (Fsp3) is 0.0455. The van der Waals surface area contributed by atoms with E-state index in [0.717, 1.165) is 5.56 Å². The molecular weight excluding hydrogens is 418 g/mol. The Morgan fingerprint density at radius 2 is 1.58 bits per heavy atom. The Hall–Kier alpha value is -3.82. The zero-order chi connectivity index (χ0) is 22.0. The van der Waals surface area contributed by atoms with Crippen molar-refractivity contribution in [2.75, 3.05) is 4.31 Å². The smallest absolute Gasteiger partial charge is 0.335 e. The lowest BCUT2D eigenvalue weighted by atomic mass is 10.1. The number of benzene rings is 3. The van der Waals surface area contributed by atoms with Crippen LogP contribution in [-0.2, 0) is 11.3 Å². The third-order valence-electron chi connectivity index (χ3n) is 4.55. The number of aryl methyl sites for hydroxylation is 1. The highest BCUT2D eigenvalue weighted by atomic mass is 32.2. The minimum atomic E-state index is -2.54. The molecule has 0 bridgehead atoms. The summed E-state index contributed by atoms with van der Waals surface area (Å²) in [5.74, 6) is -0.594. The SMILES string of the molecule is Cc1ccc(N(c2cccc(-c3nnc(-c4ccc(C(=O)O)cc4)o3)c2)S(=O)[O-])cc1. The van der Waals surface area contributed by atoms with E-state index in [1.165, 1.54) is 16.4 Å². The quantitative estimate of drug-likeness (QED) is 0.448. The van der Waals surface area contributed by atoms with Gasteiger partial charge in [-0.1, -0.05) is 23.8 Å². The van der Waals surface area contributed by atoms with Crippen LogP contribution < -0.4 is 4.31 Å². The summed E-state index contributed by atoms with van der Waals surface area (Å²) in [6.45, 7) is 1.92. The van der Waals surface area contributed by atoms with Crippen LogP contribution in [0.1, 0.15) is 15.9 Å². The molecule has 0 aliphatic heterocycles. The first-order valence-corrected chi connectivity index (χ1v) is 10.2. The van der Waals surface area contributed by atoms with Crippen molar-refractivity contribution in [2.24, 2.45) is 0 Å². The van der Waals surface area contributed by atoms with Crippen LogP contribution in [0.15, 0.2) is 77.2 Å². The van der Waals surface area contributed by atoms with Crippen LogP contribution in [-0.4, -0.2) is 30.0 Å². The summed E-state index contributed by atoms with van der Waals surface area (Å²) in [6, 6.07) is 19.9. The lowest BCUT2D eigenvalue weighted by Crippen LogP contribution is -2.19. The van der Waals surface area contributed by atoms with Gasteiger partial charge in [-0.2, -0.15) is 0 Å². The molecule has 4 rings (SSSR count). The van der Waals surface area contributed by atoms with E-state index in [2.05, 4.69) is 10.2 Å². The highest BCUT2D eigenvalue weighted by Crippen LogP contribution is 2.31. The zero-order valence-corrected chi connectivity index (χ0v) is 17.1. The van der Waals surface area contributed by atoms with Crippen molar-refractivity contribution in [3.05, 3.63) is 83.9 Å². The predicted molar refractivity (Wildman–Crippen MR) is 114 cm³/mol. The third-order valence-corrected chi connectivity index (χ3v) is 5.27. The van der Waals surface area contributed by atoms with Gasteiger partial charge in [0.2, 0.25) is 11.8 Å². The summed E-state index contributed by atoms with van der Waals surface area (Å²) in [7, 11) is 0. The average Bonchev–Trinajstić information content (AvgIpc) is 3.26. The van der Waals surface area contributed by atoms with Crippen LogP contribution >= 0.6 is 0 Å². The molecule has 0 amide bonds. The number of aromatic nitrogens is 2. The van der Waals surface area contributed by atoms with Crippen LogP contribution in [0.5, 0.6) is 0 Å². The number of carboxylic acid groups (broad SMARTS) is 1. The number of carboxylic acids is 1. The first kappa shape index (κ1) is 20.5. The molecule has 3 aromatic carbocycles. The summed E-state index contributed by atoms with van der Waals surface area (Å²) in [5, 5.41) is 17.1. The van der Waals surface area contributed by atoms with E-state index in [9.17, 15) is 13.6 Å². The molecule has 0 saturated heterocycles. The molecule has 156 valence electrons. The van der Waals surface area contributed by atoms with E-state index in [4.69, 9.17) is 9.52 Å². The molecule has 1 heterocycles. The summed E-state index contributed by atoms with van der Waals surface area (Å²) in [4.78, 5) is 11.0. The lowest BCUT2D eigenvalue weighted by Gasteiger charge is -2.26. The maximum atomic E-state index is 11.9. The topological polar surface area (TPSA) is 120 Å². The fourth-order valence-electron chi connectivity index (χ4n) is 2.98. The predicted octanol–water partition coefficient (Wildman–Crippen LogP) is 4.34. The molecule has 0 spiro atoms. The highest BCUT2D eigenvalue weighted by molar-refractivity contribution is 7.81. The molecule has 1 aromatic heterocycles. The molecule has 4 aromatic rings. The standard InChI is InChI=1S/C22H17N3O5S/c1-14-5-11-18(12-6-14)25(31(28)29)19-4-2-3-17(13-19)21-24-23-20(30-21)15-7-9-16(10-8-15)22(26)27/h2-13H,1H3,(H,26,27)(H,28,29)/p-1. The summed E-state index contributed by atoms with van der Waals surface area (Å²) in [6.07, 6.45) is 0. The van der Waals surface area contributed by atoms with E-state index >= 15 is 0 Å². The first-order chi connectivity index (χ1) is 14.9. The van der Waals surface area contributed by atoms with Gasteiger partial charge < -0.3 is 14.1 Å². The molecule has 31 heavy (non-hydrogen) atoms. The Kier molecular flexibility index (Phi) is 5.61. The van der Waals surface area contributed by atoms with Gasteiger partial charge in [-0.05, 0) is 61.5 Å². The van der Waals surface area contributed by atoms with E-state index in [0.29, 0.717) is 22.5 Å². The average molecular weight is 434 g/mol. The molecule has 8 nitrogen and oxygen atoms in total. The number of rotatable bonds is 6. The van der Waals surface area contributed by atoms with Gasteiger partial charge in [-0.25, -0.2) is 4.79 Å². The molecule has 0 saturated carbocycles. The van der Waals surface area contributed by atoms with Crippen molar-refractivity contribution < 1.29 is 23.1 Å². The van der Waals surface area contributed by atoms with Gasteiger partial charge in [-0.15, -0.1) is 10.2 Å². The lowest BCUT2D eigenvalue weighted by molar-refractivity contribution is 0.0697. The van der Waals surface area contributed by atoms with Crippen LogP contribution in [0.3, 0.4) is 0 Å². The molecule has 1 N–H and O–H groups in total. The second-order valence-electron chi connectivity index (χ2n) is 6.69. The van der Waals surface area contributed by atoms with Crippen LogP contribution in [0.4, 0.5) is 11.4 Å². The molecular formula is C22H16N3O5S-. The Morgan fingerprint density at radius 1 is 0.935 bits per heavy atom. The Labute approximate surface area is 180 Å². The van der Waals surface area contributed by atoms with Gasteiger partial charge >= 0.3 is 5.97 Å². The maximum absolute atomic E-state index is 11.9. The number of carbonyl (C=O) groups is 1. The van der Waals surface area contributed by atoms with E-state index in [1.54, 1.807) is 48.5 Å². The monoisotopic (exact) mass is 434 g/mol. The van der Waals surface area contributed by atoms with Gasteiger partial charge in [0.05, 0.1) is 28.2 Å².